The minimum absolute atomic E-state index is 0.0673. The highest BCUT2D eigenvalue weighted by Crippen LogP contribution is 2.37. The molecule has 2 saturated heterocycles. The van der Waals surface area contributed by atoms with Gasteiger partial charge in [0.15, 0.2) is 0 Å². The van der Waals surface area contributed by atoms with E-state index in [4.69, 9.17) is 29.9 Å². The van der Waals surface area contributed by atoms with E-state index in [0.717, 1.165) is 12.8 Å². The van der Waals surface area contributed by atoms with Crippen molar-refractivity contribution in [2.24, 2.45) is 11.7 Å². The SMILES string of the molecule is CCn1nc(C)cc1C(=O)Nc1nc2cc(C(N)=O)cc3c2n1C/C=C/Cn1c(NC(=O)c2cc(C)nn2CC)nc2cc(C(=O)N[C@H]4CC[C@H](C(=O)O)CC4)cc(c21)OC[C@H](N1C2CCC1COC2)CO3. The van der Waals surface area contributed by atoms with E-state index in [1.54, 1.807) is 50.3 Å². The predicted molar refractivity (Wildman–Crippen MR) is 263 cm³/mol. The molecular formula is C50H59N13O9. The molecule has 3 atom stereocenters. The summed E-state index contributed by atoms with van der Waals surface area (Å²) in [5.41, 5.74) is 10.2. The first-order chi connectivity index (χ1) is 34.8. The number of ether oxygens (including phenoxy) is 3. The molecule has 3 fully saturated rings. The van der Waals surface area contributed by atoms with E-state index in [2.05, 4.69) is 31.0 Å². The third-order valence-electron chi connectivity index (χ3n) is 14.2. The summed E-state index contributed by atoms with van der Waals surface area (Å²) in [5.74, 6) is -2.16. The second-order valence-corrected chi connectivity index (χ2v) is 19.0. The van der Waals surface area contributed by atoms with Crippen molar-refractivity contribution < 1.29 is 43.3 Å². The molecule has 10 rings (SSSR count). The first-order valence-corrected chi connectivity index (χ1v) is 24.7. The maximum atomic E-state index is 14.2. The molecule has 72 heavy (non-hydrogen) atoms. The minimum atomic E-state index is -0.829. The van der Waals surface area contributed by atoms with Gasteiger partial charge in [0.2, 0.25) is 17.8 Å². The van der Waals surface area contributed by atoms with Gasteiger partial charge in [0.25, 0.3) is 17.7 Å². The molecule has 2 unspecified atom stereocenters. The number of rotatable bonds is 11. The number of aromatic nitrogens is 8. The first-order valence-electron chi connectivity index (χ1n) is 24.7. The summed E-state index contributed by atoms with van der Waals surface area (Å²) in [7, 11) is 0. The van der Waals surface area contributed by atoms with Gasteiger partial charge in [-0.2, -0.15) is 10.2 Å². The van der Waals surface area contributed by atoms with Gasteiger partial charge in [0, 0.05) is 55.4 Å². The van der Waals surface area contributed by atoms with E-state index in [1.165, 1.54) is 0 Å². The van der Waals surface area contributed by atoms with Crippen LogP contribution in [-0.4, -0.2) is 129 Å². The number of benzene rings is 2. The van der Waals surface area contributed by atoms with Gasteiger partial charge in [-0.3, -0.25) is 48.9 Å². The number of allylic oxidation sites excluding steroid dienone is 2. The monoisotopic (exact) mass is 985 g/mol. The van der Waals surface area contributed by atoms with Crippen molar-refractivity contribution in [1.82, 2.24) is 48.9 Å². The molecular weight excluding hydrogens is 927 g/mol. The molecule has 7 heterocycles. The number of morpholine rings is 1. The van der Waals surface area contributed by atoms with Crippen molar-refractivity contribution in [2.45, 2.75) is 117 Å². The molecule has 0 spiro atoms. The van der Waals surface area contributed by atoms with Crippen molar-refractivity contribution in [2.75, 3.05) is 37.1 Å². The van der Waals surface area contributed by atoms with E-state index >= 15 is 0 Å². The Kier molecular flexibility index (Phi) is 13.3. The Bertz CT molecular complexity index is 3120. The van der Waals surface area contributed by atoms with E-state index in [0.29, 0.717) is 108 Å². The third-order valence-corrected chi connectivity index (χ3v) is 14.2. The van der Waals surface area contributed by atoms with Crippen LogP contribution in [0.4, 0.5) is 11.9 Å². The largest absolute Gasteiger partial charge is 0.490 e. The lowest BCUT2D eigenvalue weighted by atomic mass is 9.86. The van der Waals surface area contributed by atoms with Gasteiger partial charge < -0.3 is 39.5 Å². The number of carbonyl (C=O) groups excluding carboxylic acids is 4. The Morgan fingerprint density at radius 2 is 1.15 bits per heavy atom. The number of aryl methyl sites for hydroxylation is 4. The highest BCUT2D eigenvalue weighted by molar-refractivity contribution is 6.05. The lowest BCUT2D eigenvalue weighted by Gasteiger charge is -2.40. The number of carboxylic acid groups (broad SMARTS) is 1. The van der Waals surface area contributed by atoms with Gasteiger partial charge in [-0.1, -0.05) is 12.2 Å². The number of hydrogen-bond acceptors (Lipinski definition) is 13. The Morgan fingerprint density at radius 3 is 1.64 bits per heavy atom. The first kappa shape index (κ1) is 48.1. The van der Waals surface area contributed by atoms with Crippen molar-refractivity contribution in [1.29, 1.82) is 0 Å². The standard InChI is InChI=1S/C50H59N13O9/c1-5-61-38(17-27(3)57-61)46(66)55-49-53-36-19-30(44(51)64)21-40-42(36)59(49)15-7-8-16-60-43-37(54-50(60)56-47(67)39-18-28(4)58-62(39)6-2)20-31(45(65)52-32-11-9-29(10-12-32)48(68)69)22-41(43)72-26-35(25-71-40)63-33-13-14-34(63)24-70-23-33/h7-8,17-22,29,32-35H,5-6,9-16,23-26H2,1-4H3,(H2,51,64)(H,52,65)(H,68,69)(H,53,55,66)(H,54,56,67)/b8-7+/t29-,32-,33?,34?,35-/m1/s1. The lowest BCUT2D eigenvalue weighted by Crippen LogP contribution is -2.55. The van der Waals surface area contributed by atoms with Crippen LogP contribution >= 0.6 is 0 Å². The van der Waals surface area contributed by atoms with E-state index < -0.39 is 35.7 Å². The average Bonchev–Trinajstić information content (AvgIpc) is 4.17. The molecule has 6 N–H and O–H groups in total. The lowest BCUT2D eigenvalue weighted by molar-refractivity contribution is -0.142. The Hall–Kier alpha value is -7.59. The highest BCUT2D eigenvalue weighted by Gasteiger charge is 2.42. The predicted octanol–water partition coefficient (Wildman–Crippen LogP) is 4.67. The number of carbonyl (C=O) groups is 5. The zero-order valence-electron chi connectivity index (χ0n) is 40.7. The molecule has 22 nitrogen and oxygen atoms in total. The van der Waals surface area contributed by atoms with E-state index in [1.807, 2.05) is 44.4 Å². The number of fused-ring (bicyclic) bond motifs is 2. The molecule has 6 aromatic rings. The second kappa shape index (κ2) is 19.9. The number of nitrogens with zero attached hydrogens (tertiary/aromatic N) is 9. The summed E-state index contributed by atoms with van der Waals surface area (Å²) in [6.45, 7) is 9.86. The minimum Gasteiger partial charge on any atom is -0.490 e. The second-order valence-electron chi connectivity index (χ2n) is 19.0. The van der Waals surface area contributed by atoms with Crippen molar-refractivity contribution >= 4 is 63.6 Å². The Morgan fingerprint density at radius 1 is 0.653 bits per heavy atom. The zero-order valence-corrected chi connectivity index (χ0v) is 40.7. The van der Waals surface area contributed by atoms with Crippen LogP contribution in [0.5, 0.6) is 11.5 Å². The molecule has 4 amide bonds. The van der Waals surface area contributed by atoms with Crippen molar-refractivity contribution in [3.05, 3.63) is 82.5 Å². The van der Waals surface area contributed by atoms with Gasteiger partial charge >= 0.3 is 5.97 Å². The topological polar surface area (TPSA) is 270 Å². The van der Waals surface area contributed by atoms with Crippen LogP contribution in [0.3, 0.4) is 0 Å². The number of aliphatic carboxylic acids is 1. The maximum absolute atomic E-state index is 14.2. The summed E-state index contributed by atoms with van der Waals surface area (Å²) >= 11 is 0. The van der Waals surface area contributed by atoms with Gasteiger partial charge in [-0.05, 0) is 103 Å². The van der Waals surface area contributed by atoms with Crippen LogP contribution < -0.4 is 31.2 Å². The molecule has 378 valence electrons. The molecule has 3 aliphatic heterocycles. The average molecular weight is 986 g/mol. The van der Waals surface area contributed by atoms with Gasteiger partial charge in [0.1, 0.15) is 47.1 Å². The van der Waals surface area contributed by atoms with Crippen LogP contribution in [0.25, 0.3) is 22.1 Å². The molecule has 1 saturated carbocycles. The van der Waals surface area contributed by atoms with Crippen molar-refractivity contribution in [3.63, 3.8) is 0 Å². The molecule has 4 aliphatic rings. The number of nitrogens with one attached hydrogen (secondary N) is 3. The maximum Gasteiger partial charge on any atom is 0.306 e. The molecule has 0 radical (unpaired) electrons. The van der Waals surface area contributed by atoms with Gasteiger partial charge in [-0.25, -0.2) is 9.97 Å². The van der Waals surface area contributed by atoms with Crippen LogP contribution in [0.2, 0.25) is 0 Å². The number of hydrogen-bond donors (Lipinski definition) is 5. The van der Waals surface area contributed by atoms with Gasteiger partial charge in [-0.15, -0.1) is 0 Å². The number of nitrogens with two attached hydrogens (primary N) is 1. The van der Waals surface area contributed by atoms with Crippen molar-refractivity contribution in [3.8, 4) is 11.5 Å². The van der Waals surface area contributed by atoms with Crippen LogP contribution in [0, 0.1) is 19.8 Å². The van der Waals surface area contributed by atoms with E-state index in [9.17, 15) is 29.1 Å². The summed E-state index contributed by atoms with van der Waals surface area (Å²) in [6, 6.07) is 9.44. The van der Waals surface area contributed by atoms with Crippen LogP contribution in [-0.2, 0) is 35.7 Å². The summed E-state index contributed by atoms with van der Waals surface area (Å²) < 4.78 is 26.6. The highest BCUT2D eigenvalue weighted by atomic mass is 16.5. The zero-order chi connectivity index (χ0) is 50.4. The van der Waals surface area contributed by atoms with Crippen LogP contribution in [0.15, 0.2) is 48.6 Å². The molecule has 2 aromatic carbocycles. The molecule has 22 heteroatoms. The number of carboxylic acids is 1. The molecule has 2 bridgehead atoms. The third kappa shape index (κ3) is 9.38. The van der Waals surface area contributed by atoms with Gasteiger partial charge in [0.05, 0.1) is 47.6 Å². The molecule has 1 aliphatic carbocycles. The summed E-state index contributed by atoms with van der Waals surface area (Å²) in [5, 5.41) is 27.7. The fraction of sp³-hybridized carbons (Fsp3) is 0.460. The number of primary amides is 1. The number of amides is 4. The normalized spacial score (nSPS) is 21.8. The smallest absolute Gasteiger partial charge is 0.306 e. The summed E-state index contributed by atoms with van der Waals surface area (Å²) in [4.78, 5) is 79.2. The fourth-order valence-electron chi connectivity index (χ4n) is 10.7. The summed E-state index contributed by atoms with van der Waals surface area (Å²) in [6.07, 6.45) is 7.53. The Balaban J connectivity index is 1.09. The fourth-order valence-corrected chi connectivity index (χ4v) is 10.7. The number of anilines is 2. The Labute approximate surface area is 413 Å². The van der Waals surface area contributed by atoms with Crippen LogP contribution in [0.1, 0.15) is 105 Å². The number of imidazole rings is 2. The molecule has 4 aromatic heterocycles. The van der Waals surface area contributed by atoms with E-state index in [-0.39, 0.29) is 73.4 Å². The quantitative estimate of drug-likeness (QED) is 0.111.